The van der Waals surface area contributed by atoms with Gasteiger partial charge in [0.15, 0.2) is 6.10 Å². The Balaban J connectivity index is 4.48. The minimum atomic E-state index is -1.42. The second kappa shape index (κ2) is 11.8. The van der Waals surface area contributed by atoms with Gasteiger partial charge in [0.25, 0.3) is 0 Å². The summed E-state index contributed by atoms with van der Waals surface area (Å²) < 4.78 is 5.00. The van der Waals surface area contributed by atoms with Crippen LogP contribution >= 0.6 is 0 Å². The second-order valence-electron chi connectivity index (χ2n) is 5.55. The van der Waals surface area contributed by atoms with E-state index in [1.165, 1.54) is 13.3 Å². The third kappa shape index (κ3) is 8.52. The molecule has 23 heavy (non-hydrogen) atoms. The van der Waals surface area contributed by atoms with Gasteiger partial charge in [-0.1, -0.05) is 45.8 Å². The topological polar surface area (TPSA) is 95.9 Å². The second-order valence-corrected chi connectivity index (χ2v) is 5.55. The average molecular weight is 327 g/mol. The van der Waals surface area contributed by atoms with Gasteiger partial charge in [-0.3, -0.25) is 4.79 Å². The molecule has 0 bridgehead atoms. The Labute approximate surface area is 138 Å². The Morgan fingerprint density at radius 1 is 1.17 bits per heavy atom. The van der Waals surface area contributed by atoms with E-state index in [9.17, 15) is 14.7 Å². The molecule has 0 aromatic rings. The molecule has 0 radical (unpaired) electrons. The Morgan fingerprint density at radius 3 is 2.30 bits per heavy atom. The van der Waals surface area contributed by atoms with Crippen molar-refractivity contribution in [2.24, 2.45) is 0 Å². The fraction of sp³-hybridized carbons (Fsp3) is 0.647. The largest absolute Gasteiger partial charge is 0.451 e. The number of aliphatic hydroxyl groups is 2. The number of aliphatic hydroxyl groups excluding tert-OH is 2. The van der Waals surface area contributed by atoms with Gasteiger partial charge < -0.3 is 20.3 Å². The van der Waals surface area contributed by atoms with Gasteiger partial charge in [0.1, 0.15) is 6.10 Å². The van der Waals surface area contributed by atoms with E-state index in [-0.39, 0.29) is 11.1 Å². The maximum absolute atomic E-state index is 12.0. The maximum Gasteiger partial charge on any atom is 0.333 e. The van der Waals surface area contributed by atoms with E-state index in [1.54, 1.807) is 0 Å². The van der Waals surface area contributed by atoms with Crippen LogP contribution in [0.5, 0.6) is 0 Å². The molecule has 0 heterocycles. The average Bonchev–Trinajstić information content (AvgIpc) is 2.53. The summed E-state index contributed by atoms with van der Waals surface area (Å²) in [5.41, 5.74) is 0.0268. The number of esters is 1. The van der Waals surface area contributed by atoms with Crippen molar-refractivity contribution >= 4 is 11.9 Å². The normalized spacial score (nSPS) is 13.0. The predicted molar refractivity (Wildman–Crippen MR) is 88.7 cm³/mol. The van der Waals surface area contributed by atoms with Gasteiger partial charge in [0.05, 0.1) is 12.2 Å². The van der Waals surface area contributed by atoms with Crippen molar-refractivity contribution in [2.75, 3.05) is 13.2 Å². The Kier molecular flexibility index (Phi) is 11.0. The zero-order valence-electron chi connectivity index (χ0n) is 14.1. The van der Waals surface area contributed by atoms with Crippen LogP contribution in [0.4, 0.5) is 0 Å². The van der Waals surface area contributed by atoms with Crippen LogP contribution in [0, 0.1) is 0 Å². The van der Waals surface area contributed by atoms with E-state index in [2.05, 4.69) is 25.4 Å². The molecule has 6 heteroatoms. The first-order valence-electron chi connectivity index (χ1n) is 7.97. The third-order valence-corrected chi connectivity index (χ3v) is 3.32. The lowest BCUT2D eigenvalue weighted by Gasteiger charge is -2.23. The standard InChI is InChI=1S/C17H29NO5/c1-5-6-7-8-9-10-18-16(21)13(4)15(14(20)11-19)23-17(22)12(2)3/h14-15,19-20H,2,4-11H2,1,3H3,(H,18,21). The lowest BCUT2D eigenvalue weighted by molar-refractivity contribution is -0.149. The smallest absolute Gasteiger partial charge is 0.333 e. The quantitative estimate of drug-likeness (QED) is 0.287. The highest BCUT2D eigenvalue weighted by molar-refractivity contribution is 5.95. The fourth-order valence-electron chi connectivity index (χ4n) is 1.87. The number of carbonyl (C=O) groups is 2. The van der Waals surface area contributed by atoms with Crippen molar-refractivity contribution in [2.45, 2.75) is 58.2 Å². The van der Waals surface area contributed by atoms with E-state index in [0.717, 1.165) is 25.7 Å². The fourth-order valence-corrected chi connectivity index (χ4v) is 1.87. The molecule has 132 valence electrons. The van der Waals surface area contributed by atoms with Crippen LogP contribution in [0.25, 0.3) is 0 Å². The first-order valence-corrected chi connectivity index (χ1v) is 7.97. The lowest BCUT2D eigenvalue weighted by atomic mass is 10.1. The van der Waals surface area contributed by atoms with Gasteiger partial charge in [0.2, 0.25) is 5.91 Å². The molecule has 1 amide bonds. The van der Waals surface area contributed by atoms with Crippen LogP contribution < -0.4 is 5.32 Å². The van der Waals surface area contributed by atoms with Crippen molar-refractivity contribution < 1.29 is 24.5 Å². The van der Waals surface area contributed by atoms with Gasteiger partial charge in [-0.15, -0.1) is 0 Å². The minimum absolute atomic E-state index is 0.102. The zero-order chi connectivity index (χ0) is 17.8. The van der Waals surface area contributed by atoms with Gasteiger partial charge in [-0.2, -0.15) is 0 Å². The summed E-state index contributed by atoms with van der Waals surface area (Å²) in [4.78, 5) is 23.6. The van der Waals surface area contributed by atoms with Crippen molar-refractivity contribution in [3.63, 3.8) is 0 Å². The first-order chi connectivity index (χ1) is 10.8. The van der Waals surface area contributed by atoms with Crippen LogP contribution in [0.15, 0.2) is 24.3 Å². The van der Waals surface area contributed by atoms with Crippen molar-refractivity contribution in [1.29, 1.82) is 0 Å². The number of amides is 1. The molecule has 2 unspecified atom stereocenters. The van der Waals surface area contributed by atoms with E-state index >= 15 is 0 Å². The first kappa shape index (κ1) is 21.3. The molecule has 6 nitrogen and oxygen atoms in total. The summed E-state index contributed by atoms with van der Waals surface area (Å²) in [6, 6.07) is 0. The zero-order valence-corrected chi connectivity index (χ0v) is 14.1. The highest BCUT2D eigenvalue weighted by atomic mass is 16.6. The summed E-state index contributed by atoms with van der Waals surface area (Å²) in [5, 5.41) is 21.5. The van der Waals surface area contributed by atoms with Gasteiger partial charge in [-0.25, -0.2) is 4.79 Å². The van der Waals surface area contributed by atoms with E-state index in [4.69, 9.17) is 9.84 Å². The predicted octanol–water partition coefficient (Wildman–Crippen LogP) is 1.47. The number of hydrogen-bond donors (Lipinski definition) is 3. The molecule has 0 aliphatic carbocycles. The molecule has 0 aliphatic heterocycles. The lowest BCUT2D eigenvalue weighted by Crippen LogP contribution is -2.41. The minimum Gasteiger partial charge on any atom is -0.451 e. The Morgan fingerprint density at radius 2 is 1.78 bits per heavy atom. The molecule has 2 atom stereocenters. The third-order valence-electron chi connectivity index (χ3n) is 3.32. The number of nitrogens with one attached hydrogen (secondary N) is 1. The summed E-state index contributed by atoms with van der Waals surface area (Å²) in [7, 11) is 0. The van der Waals surface area contributed by atoms with Crippen LogP contribution in [0.1, 0.15) is 46.0 Å². The van der Waals surface area contributed by atoms with Crippen LogP contribution in [0.2, 0.25) is 0 Å². The Hall–Kier alpha value is -1.66. The molecule has 0 spiro atoms. The van der Waals surface area contributed by atoms with E-state index < -0.39 is 30.7 Å². The van der Waals surface area contributed by atoms with Crippen molar-refractivity contribution in [3.05, 3.63) is 24.3 Å². The molecule has 0 aromatic carbocycles. The molecule has 0 fully saturated rings. The summed E-state index contributed by atoms with van der Waals surface area (Å²) in [6.45, 7) is 10.4. The highest BCUT2D eigenvalue weighted by Crippen LogP contribution is 2.13. The van der Waals surface area contributed by atoms with Crippen LogP contribution in [-0.4, -0.2) is 47.4 Å². The van der Waals surface area contributed by atoms with Gasteiger partial charge in [0, 0.05) is 12.1 Å². The van der Waals surface area contributed by atoms with Gasteiger partial charge in [-0.05, 0) is 13.3 Å². The van der Waals surface area contributed by atoms with Crippen molar-refractivity contribution in [3.8, 4) is 0 Å². The SMILES string of the molecule is C=C(C)C(=O)OC(C(=C)C(=O)NCCCCCCC)C(O)CO. The Bertz CT molecular complexity index is 419. The number of unbranched alkanes of at least 4 members (excludes halogenated alkanes) is 4. The molecule has 0 aliphatic rings. The monoisotopic (exact) mass is 327 g/mol. The molecule has 0 saturated carbocycles. The number of ether oxygens (including phenoxy) is 1. The van der Waals surface area contributed by atoms with Crippen molar-refractivity contribution in [1.82, 2.24) is 5.32 Å². The molecular formula is C17H29NO5. The number of hydrogen-bond acceptors (Lipinski definition) is 5. The molecule has 0 rings (SSSR count). The number of carbonyl (C=O) groups excluding carboxylic acids is 2. The van der Waals surface area contributed by atoms with Crippen LogP contribution in [0.3, 0.4) is 0 Å². The molecule has 0 aromatic heterocycles. The summed E-state index contributed by atoms with van der Waals surface area (Å²) >= 11 is 0. The highest BCUT2D eigenvalue weighted by Gasteiger charge is 2.29. The van der Waals surface area contributed by atoms with E-state index in [1.807, 2.05) is 0 Å². The van der Waals surface area contributed by atoms with E-state index in [0.29, 0.717) is 6.54 Å². The summed E-state index contributed by atoms with van der Waals surface area (Å²) in [6.07, 6.45) is 2.59. The van der Waals surface area contributed by atoms with Crippen LogP contribution in [-0.2, 0) is 14.3 Å². The maximum atomic E-state index is 12.0. The molecule has 0 saturated heterocycles. The molecular weight excluding hydrogens is 298 g/mol. The molecule has 3 N–H and O–H groups in total. The summed E-state index contributed by atoms with van der Waals surface area (Å²) in [5.74, 6) is -1.26. The van der Waals surface area contributed by atoms with Gasteiger partial charge >= 0.3 is 5.97 Å². The number of rotatable bonds is 12.